The van der Waals surface area contributed by atoms with Crippen LogP contribution in [0.2, 0.25) is 0 Å². The SMILES string of the molecule is CC(C)(C)CCc1ccc(COC(C)(C)C)cc1. The molecule has 1 rings (SSSR count). The van der Waals surface area contributed by atoms with E-state index in [0.29, 0.717) is 12.0 Å². The molecule has 0 aliphatic heterocycles. The smallest absolute Gasteiger partial charge is 0.0724 e. The van der Waals surface area contributed by atoms with Gasteiger partial charge in [-0.15, -0.1) is 0 Å². The standard InChI is InChI=1S/C17H28O/c1-16(2,3)12-11-14-7-9-15(10-8-14)13-18-17(4,5)6/h7-10H,11-13H2,1-6H3. The molecule has 0 N–H and O–H groups in total. The van der Waals surface area contributed by atoms with E-state index in [1.165, 1.54) is 17.5 Å². The normalized spacial score (nSPS) is 12.8. The summed E-state index contributed by atoms with van der Waals surface area (Å²) in [5.41, 5.74) is 3.02. The number of rotatable bonds is 4. The molecule has 0 aliphatic rings. The van der Waals surface area contributed by atoms with E-state index in [1.54, 1.807) is 0 Å². The van der Waals surface area contributed by atoms with Crippen molar-refractivity contribution in [1.82, 2.24) is 0 Å². The van der Waals surface area contributed by atoms with Gasteiger partial charge in [-0.05, 0) is 50.2 Å². The number of aryl methyl sites for hydroxylation is 1. The Kier molecular flexibility index (Phi) is 4.98. The van der Waals surface area contributed by atoms with Gasteiger partial charge in [-0.25, -0.2) is 0 Å². The Morgan fingerprint density at radius 1 is 0.833 bits per heavy atom. The van der Waals surface area contributed by atoms with E-state index in [2.05, 4.69) is 65.8 Å². The lowest BCUT2D eigenvalue weighted by Crippen LogP contribution is -2.18. The van der Waals surface area contributed by atoms with Crippen molar-refractivity contribution in [3.8, 4) is 0 Å². The topological polar surface area (TPSA) is 9.23 Å². The number of ether oxygens (including phenoxy) is 1. The van der Waals surface area contributed by atoms with E-state index in [-0.39, 0.29) is 5.60 Å². The van der Waals surface area contributed by atoms with Crippen molar-refractivity contribution in [2.24, 2.45) is 5.41 Å². The predicted octanol–water partition coefficient (Wildman–Crippen LogP) is 4.98. The van der Waals surface area contributed by atoms with Crippen molar-refractivity contribution >= 4 is 0 Å². The summed E-state index contributed by atoms with van der Waals surface area (Å²) >= 11 is 0. The lowest BCUT2D eigenvalue weighted by Gasteiger charge is -2.20. The zero-order chi connectivity index (χ0) is 13.8. The molecule has 0 heterocycles. The van der Waals surface area contributed by atoms with E-state index >= 15 is 0 Å². The highest BCUT2D eigenvalue weighted by molar-refractivity contribution is 5.22. The van der Waals surface area contributed by atoms with Crippen molar-refractivity contribution < 1.29 is 4.74 Å². The zero-order valence-corrected chi connectivity index (χ0v) is 12.8. The second-order valence-corrected chi connectivity index (χ2v) is 7.28. The first-order valence-corrected chi connectivity index (χ1v) is 6.87. The molecule has 0 aromatic heterocycles. The van der Waals surface area contributed by atoms with Crippen molar-refractivity contribution in [3.63, 3.8) is 0 Å². The molecule has 102 valence electrons. The maximum atomic E-state index is 5.77. The van der Waals surface area contributed by atoms with Gasteiger partial charge in [0.2, 0.25) is 0 Å². The van der Waals surface area contributed by atoms with Crippen LogP contribution in [-0.4, -0.2) is 5.60 Å². The summed E-state index contributed by atoms with van der Waals surface area (Å²) in [6.07, 6.45) is 2.38. The van der Waals surface area contributed by atoms with Gasteiger partial charge in [0, 0.05) is 0 Å². The summed E-state index contributed by atoms with van der Waals surface area (Å²) in [7, 11) is 0. The second-order valence-electron chi connectivity index (χ2n) is 7.28. The van der Waals surface area contributed by atoms with Crippen LogP contribution in [0.3, 0.4) is 0 Å². The van der Waals surface area contributed by atoms with E-state index in [4.69, 9.17) is 4.74 Å². The molecule has 0 radical (unpaired) electrons. The fourth-order valence-electron chi connectivity index (χ4n) is 1.62. The molecule has 0 fully saturated rings. The summed E-state index contributed by atoms with van der Waals surface area (Å²) in [6, 6.07) is 8.83. The molecule has 1 heteroatoms. The Bertz CT molecular complexity index is 312. The summed E-state index contributed by atoms with van der Waals surface area (Å²) in [5, 5.41) is 0. The number of hydrogen-bond donors (Lipinski definition) is 0. The van der Waals surface area contributed by atoms with Crippen LogP contribution in [0.1, 0.15) is 59.1 Å². The van der Waals surface area contributed by atoms with E-state index in [0.717, 1.165) is 6.42 Å². The van der Waals surface area contributed by atoms with Crippen molar-refractivity contribution in [1.29, 1.82) is 0 Å². The largest absolute Gasteiger partial charge is 0.371 e. The van der Waals surface area contributed by atoms with E-state index in [1.807, 2.05) is 0 Å². The highest BCUT2D eigenvalue weighted by Crippen LogP contribution is 2.21. The van der Waals surface area contributed by atoms with Crippen LogP contribution in [0.4, 0.5) is 0 Å². The number of hydrogen-bond acceptors (Lipinski definition) is 1. The van der Waals surface area contributed by atoms with Crippen LogP contribution in [-0.2, 0) is 17.8 Å². The first-order valence-electron chi connectivity index (χ1n) is 6.87. The molecule has 0 bridgehead atoms. The fourth-order valence-corrected chi connectivity index (χ4v) is 1.62. The minimum absolute atomic E-state index is 0.0646. The molecular weight excluding hydrogens is 220 g/mol. The average Bonchev–Trinajstić information content (AvgIpc) is 2.23. The summed E-state index contributed by atoms with van der Waals surface area (Å²) in [4.78, 5) is 0. The highest BCUT2D eigenvalue weighted by Gasteiger charge is 2.11. The second kappa shape index (κ2) is 5.88. The quantitative estimate of drug-likeness (QED) is 0.730. The minimum Gasteiger partial charge on any atom is -0.371 e. The van der Waals surface area contributed by atoms with Crippen LogP contribution in [0, 0.1) is 5.41 Å². The third kappa shape index (κ3) is 6.80. The Balaban J connectivity index is 2.48. The lowest BCUT2D eigenvalue weighted by molar-refractivity contribution is -0.0149. The third-order valence-corrected chi connectivity index (χ3v) is 2.86. The van der Waals surface area contributed by atoms with Crippen LogP contribution in [0.15, 0.2) is 24.3 Å². The summed E-state index contributed by atoms with van der Waals surface area (Å²) in [6.45, 7) is 13.8. The molecule has 0 unspecified atom stereocenters. The van der Waals surface area contributed by atoms with Crippen LogP contribution < -0.4 is 0 Å². The van der Waals surface area contributed by atoms with Crippen LogP contribution in [0.5, 0.6) is 0 Å². The Morgan fingerprint density at radius 3 is 1.78 bits per heavy atom. The van der Waals surface area contributed by atoms with Gasteiger partial charge in [0.25, 0.3) is 0 Å². The first kappa shape index (κ1) is 15.2. The van der Waals surface area contributed by atoms with Gasteiger partial charge in [0.05, 0.1) is 12.2 Å². The highest BCUT2D eigenvalue weighted by atomic mass is 16.5. The lowest BCUT2D eigenvalue weighted by atomic mass is 9.88. The van der Waals surface area contributed by atoms with Crippen molar-refractivity contribution in [3.05, 3.63) is 35.4 Å². The third-order valence-electron chi connectivity index (χ3n) is 2.86. The van der Waals surface area contributed by atoms with E-state index in [9.17, 15) is 0 Å². The monoisotopic (exact) mass is 248 g/mol. The fraction of sp³-hybridized carbons (Fsp3) is 0.647. The maximum Gasteiger partial charge on any atom is 0.0724 e. The van der Waals surface area contributed by atoms with Crippen molar-refractivity contribution in [2.45, 2.75) is 66.6 Å². The van der Waals surface area contributed by atoms with Crippen LogP contribution in [0.25, 0.3) is 0 Å². The first-order chi connectivity index (χ1) is 8.16. The van der Waals surface area contributed by atoms with Gasteiger partial charge < -0.3 is 4.74 Å². The molecular formula is C17H28O. The van der Waals surface area contributed by atoms with Gasteiger partial charge in [0.15, 0.2) is 0 Å². The maximum absolute atomic E-state index is 5.77. The van der Waals surface area contributed by atoms with E-state index < -0.39 is 0 Å². The molecule has 0 aliphatic carbocycles. The molecule has 0 amide bonds. The molecule has 0 saturated carbocycles. The Hall–Kier alpha value is -0.820. The zero-order valence-electron chi connectivity index (χ0n) is 12.8. The molecule has 1 aromatic rings. The van der Waals surface area contributed by atoms with Gasteiger partial charge in [0.1, 0.15) is 0 Å². The molecule has 0 spiro atoms. The minimum atomic E-state index is -0.0646. The summed E-state index contributed by atoms with van der Waals surface area (Å²) < 4.78 is 5.77. The van der Waals surface area contributed by atoms with Gasteiger partial charge >= 0.3 is 0 Å². The Morgan fingerprint density at radius 2 is 1.33 bits per heavy atom. The molecule has 18 heavy (non-hydrogen) atoms. The van der Waals surface area contributed by atoms with Gasteiger partial charge in [-0.1, -0.05) is 45.0 Å². The average molecular weight is 248 g/mol. The number of benzene rings is 1. The molecule has 1 nitrogen and oxygen atoms in total. The van der Waals surface area contributed by atoms with Crippen LogP contribution >= 0.6 is 0 Å². The predicted molar refractivity (Wildman–Crippen MR) is 78.8 cm³/mol. The van der Waals surface area contributed by atoms with Crippen molar-refractivity contribution in [2.75, 3.05) is 0 Å². The van der Waals surface area contributed by atoms with Gasteiger partial charge in [-0.2, -0.15) is 0 Å². The Labute approximate surface area is 113 Å². The molecule has 1 aromatic carbocycles. The molecule has 0 saturated heterocycles. The molecule has 0 atom stereocenters. The van der Waals surface area contributed by atoms with Gasteiger partial charge in [-0.3, -0.25) is 0 Å². The summed E-state index contributed by atoms with van der Waals surface area (Å²) in [5.74, 6) is 0.